The van der Waals surface area contributed by atoms with E-state index in [1.165, 1.54) is 12.3 Å². The second-order valence-electron chi connectivity index (χ2n) is 2.15. The molecule has 0 unspecified atom stereocenters. The van der Waals surface area contributed by atoms with Gasteiger partial charge in [-0.05, 0) is 6.07 Å². The van der Waals surface area contributed by atoms with Crippen LogP contribution in [0.3, 0.4) is 0 Å². The number of furan rings is 1. The van der Waals surface area contributed by atoms with Crippen molar-refractivity contribution in [1.82, 2.24) is 0 Å². The van der Waals surface area contributed by atoms with E-state index in [2.05, 4.69) is 4.42 Å². The zero-order valence-electron chi connectivity index (χ0n) is 5.93. The van der Waals surface area contributed by atoms with Gasteiger partial charge in [0.05, 0.1) is 6.26 Å². The van der Waals surface area contributed by atoms with Gasteiger partial charge in [0.25, 0.3) is 10.1 Å². The molecule has 0 aliphatic rings. The lowest BCUT2D eigenvalue weighted by molar-refractivity contribution is 0.109. The predicted octanol–water partition coefficient (Wildman–Crippen LogP) is 0.480. The lowest BCUT2D eigenvalue weighted by atomic mass is 10.3. The van der Waals surface area contributed by atoms with Crippen molar-refractivity contribution >= 4 is 16.4 Å². The average molecular weight is 190 g/mol. The van der Waals surface area contributed by atoms with Crippen molar-refractivity contribution in [2.45, 2.75) is 5.75 Å². The van der Waals surface area contributed by atoms with Crippen LogP contribution in [0.4, 0.5) is 0 Å². The van der Waals surface area contributed by atoms with Gasteiger partial charge in [-0.1, -0.05) is 0 Å². The smallest absolute Gasteiger partial charge is 0.269 e. The van der Waals surface area contributed by atoms with E-state index in [4.69, 9.17) is 4.55 Å². The van der Waals surface area contributed by atoms with Crippen molar-refractivity contribution < 1.29 is 22.2 Å². The fraction of sp³-hybridized carbons (Fsp3) is 0.167. The Kier molecular flexibility index (Phi) is 2.30. The van der Waals surface area contributed by atoms with Crippen LogP contribution in [-0.2, 0) is 15.9 Å². The van der Waals surface area contributed by atoms with Gasteiger partial charge in [-0.15, -0.1) is 0 Å². The number of carbonyl (C=O) groups excluding carboxylic acids is 1. The summed E-state index contributed by atoms with van der Waals surface area (Å²) in [5.41, 5.74) is 0.160. The summed E-state index contributed by atoms with van der Waals surface area (Å²) in [6.45, 7) is 0. The van der Waals surface area contributed by atoms with Crippen molar-refractivity contribution in [3.05, 3.63) is 23.7 Å². The summed E-state index contributed by atoms with van der Waals surface area (Å²) in [5, 5.41) is 0. The largest absolute Gasteiger partial charge is 0.461 e. The highest BCUT2D eigenvalue weighted by atomic mass is 32.2. The molecule has 0 spiro atoms. The van der Waals surface area contributed by atoms with E-state index in [1.807, 2.05) is 0 Å². The number of hydrogen-bond acceptors (Lipinski definition) is 4. The highest BCUT2D eigenvalue weighted by Gasteiger charge is 2.12. The van der Waals surface area contributed by atoms with E-state index in [1.54, 1.807) is 0 Å². The molecule has 1 aromatic heterocycles. The van der Waals surface area contributed by atoms with Crippen LogP contribution in [0.25, 0.3) is 0 Å². The minimum atomic E-state index is -4.10. The van der Waals surface area contributed by atoms with Gasteiger partial charge in [-0.25, -0.2) is 0 Å². The first-order chi connectivity index (χ1) is 5.53. The molecule has 0 aromatic carbocycles. The van der Waals surface area contributed by atoms with E-state index in [0.717, 1.165) is 0 Å². The van der Waals surface area contributed by atoms with Crippen LogP contribution in [0.1, 0.15) is 16.1 Å². The first-order valence-electron chi connectivity index (χ1n) is 2.99. The highest BCUT2D eigenvalue weighted by Crippen LogP contribution is 2.10. The molecule has 66 valence electrons. The zero-order valence-corrected chi connectivity index (χ0v) is 6.74. The van der Waals surface area contributed by atoms with Gasteiger partial charge in [0.15, 0.2) is 12.0 Å². The van der Waals surface area contributed by atoms with Crippen LogP contribution < -0.4 is 0 Å². The van der Waals surface area contributed by atoms with E-state index in [0.29, 0.717) is 6.29 Å². The Morgan fingerprint density at radius 3 is 2.75 bits per heavy atom. The Balaban J connectivity index is 2.97. The number of rotatable bonds is 3. The summed E-state index contributed by atoms with van der Waals surface area (Å²) >= 11 is 0. The minimum absolute atomic E-state index is 0.0763. The van der Waals surface area contributed by atoms with Crippen molar-refractivity contribution in [3.63, 3.8) is 0 Å². The number of aldehydes is 1. The summed E-state index contributed by atoms with van der Waals surface area (Å²) < 4.78 is 33.8. The van der Waals surface area contributed by atoms with Gasteiger partial charge in [-0.3, -0.25) is 9.35 Å². The third kappa shape index (κ3) is 2.18. The molecule has 1 rings (SSSR count). The number of hydrogen-bond donors (Lipinski definition) is 1. The molecule has 0 fully saturated rings. The SMILES string of the molecule is O=Cc1occc1CS(=O)(=O)O. The Morgan fingerprint density at radius 1 is 1.58 bits per heavy atom. The van der Waals surface area contributed by atoms with Crippen LogP contribution in [0.2, 0.25) is 0 Å². The molecule has 1 N–H and O–H groups in total. The summed E-state index contributed by atoms with van der Waals surface area (Å²) in [4.78, 5) is 10.2. The standard InChI is InChI=1S/C6H6O5S/c7-3-6-5(1-2-11-6)4-12(8,9)10/h1-3H,4H2,(H,8,9,10). The molecule has 0 amide bonds. The Bertz CT molecular complexity index is 374. The van der Waals surface area contributed by atoms with Gasteiger partial charge in [0.2, 0.25) is 0 Å². The molecule has 5 nitrogen and oxygen atoms in total. The van der Waals surface area contributed by atoms with Crippen molar-refractivity contribution in [1.29, 1.82) is 0 Å². The topological polar surface area (TPSA) is 84.6 Å². The molecule has 1 heterocycles. The van der Waals surface area contributed by atoms with Gasteiger partial charge in [0, 0.05) is 5.56 Å². The van der Waals surface area contributed by atoms with Crippen LogP contribution >= 0.6 is 0 Å². The molecule has 12 heavy (non-hydrogen) atoms. The van der Waals surface area contributed by atoms with E-state index >= 15 is 0 Å². The van der Waals surface area contributed by atoms with Crippen LogP contribution in [0, 0.1) is 0 Å². The molecule has 0 bridgehead atoms. The summed E-state index contributed by atoms with van der Waals surface area (Å²) in [5.74, 6) is -0.676. The van der Waals surface area contributed by atoms with Gasteiger partial charge in [0.1, 0.15) is 5.75 Å². The van der Waals surface area contributed by atoms with E-state index in [9.17, 15) is 13.2 Å². The summed E-state index contributed by atoms with van der Waals surface area (Å²) in [7, 11) is -4.10. The van der Waals surface area contributed by atoms with Gasteiger partial charge in [-0.2, -0.15) is 8.42 Å². The van der Waals surface area contributed by atoms with E-state index < -0.39 is 15.9 Å². The first-order valence-corrected chi connectivity index (χ1v) is 4.60. The lowest BCUT2D eigenvalue weighted by Crippen LogP contribution is -2.02. The second-order valence-corrected chi connectivity index (χ2v) is 3.61. The van der Waals surface area contributed by atoms with E-state index in [-0.39, 0.29) is 11.3 Å². The molecule has 6 heteroatoms. The third-order valence-corrected chi connectivity index (χ3v) is 1.90. The van der Waals surface area contributed by atoms with Gasteiger partial charge >= 0.3 is 0 Å². The summed E-state index contributed by atoms with van der Waals surface area (Å²) in [6.07, 6.45) is 1.57. The lowest BCUT2D eigenvalue weighted by Gasteiger charge is -1.92. The average Bonchev–Trinajstić information content (AvgIpc) is 2.31. The maximum Gasteiger partial charge on any atom is 0.269 e. The van der Waals surface area contributed by atoms with Crippen molar-refractivity contribution in [3.8, 4) is 0 Å². The fourth-order valence-electron chi connectivity index (χ4n) is 0.766. The first kappa shape index (κ1) is 8.95. The van der Waals surface area contributed by atoms with Crippen LogP contribution in [0.15, 0.2) is 16.7 Å². The maximum atomic E-state index is 10.4. The third-order valence-electron chi connectivity index (χ3n) is 1.23. The van der Waals surface area contributed by atoms with Crippen molar-refractivity contribution in [2.24, 2.45) is 0 Å². The highest BCUT2D eigenvalue weighted by molar-refractivity contribution is 7.85. The molecule has 0 saturated carbocycles. The molecule has 0 radical (unpaired) electrons. The number of carbonyl (C=O) groups is 1. The monoisotopic (exact) mass is 190 g/mol. The Morgan fingerprint density at radius 2 is 2.25 bits per heavy atom. The quantitative estimate of drug-likeness (QED) is 0.553. The minimum Gasteiger partial charge on any atom is -0.461 e. The Labute approximate surface area is 68.7 Å². The fourth-order valence-corrected chi connectivity index (χ4v) is 1.40. The predicted molar refractivity (Wildman–Crippen MR) is 39.3 cm³/mol. The second kappa shape index (κ2) is 3.08. The molecular formula is C6H6O5S. The maximum absolute atomic E-state index is 10.4. The normalized spacial score (nSPS) is 11.4. The molecular weight excluding hydrogens is 184 g/mol. The Hall–Kier alpha value is -1.14. The summed E-state index contributed by atoms with van der Waals surface area (Å²) in [6, 6.07) is 1.32. The zero-order chi connectivity index (χ0) is 9.19. The molecule has 0 atom stereocenters. The molecule has 0 aliphatic carbocycles. The van der Waals surface area contributed by atoms with Gasteiger partial charge < -0.3 is 4.42 Å². The van der Waals surface area contributed by atoms with Crippen LogP contribution in [-0.4, -0.2) is 19.3 Å². The molecule has 0 saturated heterocycles. The molecule has 1 aromatic rings. The molecule has 0 aliphatic heterocycles. The van der Waals surface area contributed by atoms with Crippen LogP contribution in [0.5, 0.6) is 0 Å². The van der Waals surface area contributed by atoms with Crippen molar-refractivity contribution in [2.75, 3.05) is 0 Å².